The van der Waals surface area contributed by atoms with Crippen LogP contribution < -0.4 is 9.47 Å². The number of morpholine rings is 1. The van der Waals surface area contributed by atoms with Crippen molar-refractivity contribution in [2.45, 2.75) is 19.6 Å². The molecule has 0 aromatic heterocycles. The number of carbonyl (C=O) groups is 1. The average molecular weight is 475 g/mol. The molecule has 0 N–H and O–H groups in total. The molecule has 0 radical (unpaired) electrons. The van der Waals surface area contributed by atoms with Gasteiger partial charge in [-0.25, -0.2) is 0 Å². The van der Waals surface area contributed by atoms with Gasteiger partial charge in [0.2, 0.25) is 5.91 Å². The van der Waals surface area contributed by atoms with Gasteiger partial charge in [0.05, 0.1) is 26.7 Å². The maximum Gasteiger partial charge on any atom is 0.227 e. The Hall–Kier alpha value is -3.35. The molecule has 1 amide bonds. The van der Waals surface area contributed by atoms with Crippen LogP contribution in [0.25, 0.3) is 0 Å². The summed E-state index contributed by atoms with van der Waals surface area (Å²) in [6.07, 6.45) is 0.388. The molecule has 0 atom stereocenters. The Morgan fingerprint density at radius 3 is 2.26 bits per heavy atom. The van der Waals surface area contributed by atoms with E-state index in [1.54, 1.807) is 7.11 Å². The lowest BCUT2D eigenvalue weighted by Gasteiger charge is -2.30. The van der Waals surface area contributed by atoms with Gasteiger partial charge in [-0.2, -0.15) is 0 Å². The molecular weight excluding hydrogens is 440 g/mol. The van der Waals surface area contributed by atoms with Crippen LogP contribution in [0.5, 0.6) is 11.5 Å². The molecule has 1 heterocycles. The van der Waals surface area contributed by atoms with Crippen molar-refractivity contribution >= 4 is 5.91 Å². The Morgan fingerprint density at radius 1 is 0.886 bits per heavy atom. The highest BCUT2D eigenvalue weighted by Crippen LogP contribution is 2.29. The van der Waals surface area contributed by atoms with Crippen LogP contribution >= 0.6 is 0 Å². The van der Waals surface area contributed by atoms with E-state index in [4.69, 9.17) is 14.2 Å². The molecule has 0 saturated carbocycles. The number of ether oxygens (including phenoxy) is 3. The number of benzene rings is 3. The normalized spacial score (nSPS) is 13.9. The van der Waals surface area contributed by atoms with Crippen molar-refractivity contribution in [2.75, 3.05) is 46.5 Å². The lowest BCUT2D eigenvalue weighted by molar-refractivity contribution is -0.131. The van der Waals surface area contributed by atoms with Gasteiger partial charge in [0.15, 0.2) is 11.5 Å². The van der Waals surface area contributed by atoms with Crippen LogP contribution in [0.4, 0.5) is 0 Å². The van der Waals surface area contributed by atoms with E-state index in [0.717, 1.165) is 49.5 Å². The molecule has 3 aromatic carbocycles. The van der Waals surface area contributed by atoms with Crippen molar-refractivity contribution in [1.82, 2.24) is 9.80 Å². The van der Waals surface area contributed by atoms with Gasteiger partial charge in [-0.05, 0) is 28.8 Å². The van der Waals surface area contributed by atoms with Gasteiger partial charge in [0.25, 0.3) is 0 Å². The van der Waals surface area contributed by atoms with Crippen molar-refractivity contribution < 1.29 is 19.0 Å². The van der Waals surface area contributed by atoms with E-state index >= 15 is 0 Å². The van der Waals surface area contributed by atoms with E-state index in [0.29, 0.717) is 37.6 Å². The van der Waals surface area contributed by atoms with Crippen molar-refractivity contribution in [3.8, 4) is 11.5 Å². The summed E-state index contributed by atoms with van der Waals surface area (Å²) in [5.41, 5.74) is 3.13. The van der Waals surface area contributed by atoms with Crippen LogP contribution in [0.2, 0.25) is 0 Å². The predicted octanol–water partition coefficient (Wildman–Crippen LogP) is 4.18. The number of carbonyl (C=O) groups excluding carboxylic acids is 1. The van der Waals surface area contributed by atoms with E-state index in [9.17, 15) is 4.79 Å². The van der Waals surface area contributed by atoms with Crippen LogP contribution in [0, 0.1) is 0 Å². The molecule has 4 rings (SSSR count). The van der Waals surface area contributed by atoms with Crippen LogP contribution in [-0.2, 0) is 29.1 Å². The fourth-order valence-corrected chi connectivity index (χ4v) is 4.15. The molecule has 184 valence electrons. The van der Waals surface area contributed by atoms with Crippen LogP contribution in [0.3, 0.4) is 0 Å². The third-order valence-corrected chi connectivity index (χ3v) is 6.18. The molecular formula is C29H34N2O4. The highest BCUT2D eigenvalue weighted by Gasteiger charge is 2.18. The fourth-order valence-electron chi connectivity index (χ4n) is 4.15. The molecule has 1 aliphatic rings. The minimum absolute atomic E-state index is 0.118. The number of rotatable bonds is 11. The van der Waals surface area contributed by atoms with Crippen LogP contribution in [0.1, 0.15) is 16.7 Å². The number of nitrogens with zero attached hydrogens (tertiary/aromatic N) is 2. The summed E-state index contributed by atoms with van der Waals surface area (Å²) in [6, 6.07) is 25.9. The molecule has 0 bridgehead atoms. The number of hydrogen-bond acceptors (Lipinski definition) is 5. The average Bonchev–Trinajstić information content (AvgIpc) is 2.91. The Kier molecular flexibility index (Phi) is 9.15. The summed E-state index contributed by atoms with van der Waals surface area (Å²) in [7, 11) is 1.64. The van der Waals surface area contributed by atoms with Crippen molar-refractivity contribution in [1.29, 1.82) is 0 Å². The van der Waals surface area contributed by atoms with Crippen LogP contribution in [0.15, 0.2) is 78.9 Å². The van der Waals surface area contributed by atoms with E-state index in [1.165, 1.54) is 0 Å². The zero-order valence-corrected chi connectivity index (χ0v) is 20.4. The maximum atomic E-state index is 13.3. The molecule has 1 saturated heterocycles. The summed E-state index contributed by atoms with van der Waals surface area (Å²) in [6.45, 7) is 5.80. The Morgan fingerprint density at radius 2 is 1.57 bits per heavy atom. The second kappa shape index (κ2) is 12.9. The molecule has 1 fully saturated rings. The third-order valence-electron chi connectivity index (χ3n) is 6.18. The van der Waals surface area contributed by atoms with Gasteiger partial charge < -0.3 is 19.1 Å². The van der Waals surface area contributed by atoms with Crippen molar-refractivity contribution in [2.24, 2.45) is 0 Å². The quantitative estimate of drug-likeness (QED) is 0.417. The summed E-state index contributed by atoms with van der Waals surface area (Å²) in [4.78, 5) is 17.6. The highest BCUT2D eigenvalue weighted by atomic mass is 16.5. The Balaban J connectivity index is 1.44. The summed E-state index contributed by atoms with van der Waals surface area (Å²) in [5, 5.41) is 0. The topological polar surface area (TPSA) is 51.2 Å². The lowest BCUT2D eigenvalue weighted by atomic mass is 10.1. The van der Waals surface area contributed by atoms with Gasteiger partial charge in [0.1, 0.15) is 6.61 Å². The molecule has 0 aliphatic carbocycles. The number of amides is 1. The van der Waals surface area contributed by atoms with Crippen molar-refractivity contribution in [3.05, 3.63) is 95.6 Å². The monoisotopic (exact) mass is 474 g/mol. The first-order valence-electron chi connectivity index (χ1n) is 12.2. The third kappa shape index (κ3) is 7.57. The standard InChI is InChI=1S/C29H34N2O4/c1-33-28-20-26(12-13-27(28)35-23-25-10-6-3-7-11-25)22-31(15-14-30-16-18-34-19-17-30)29(32)21-24-8-4-2-5-9-24/h2-13,20H,14-19,21-23H2,1H3. The zero-order valence-electron chi connectivity index (χ0n) is 20.4. The highest BCUT2D eigenvalue weighted by molar-refractivity contribution is 5.78. The van der Waals surface area contributed by atoms with E-state index in [2.05, 4.69) is 4.90 Å². The first-order chi connectivity index (χ1) is 17.2. The van der Waals surface area contributed by atoms with Gasteiger partial charge in [-0.3, -0.25) is 9.69 Å². The minimum atomic E-state index is 0.118. The molecule has 1 aliphatic heterocycles. The predicted molar refractivity (Wildman–Crippen MR) is 137 cm³/mol. The van der Waals surface area contributed by atoms with E-state index in [-0.39, 0.29) is 5.91 Å². The fraction of sp³-hybridized carbons (Fsp3) is 0.345. The summed E-state index contributed by atoms with van der Waals surface area (Å²) in [5.74, 6) is 1.48. The van der Waals surface area contributed by atoms with Crippen molar-refractivity contribution in [3.63, 3.8) is 0 Å². The smallest absolute Gasteiger partial charge is 0.227 e. The molecule has 6 nitrogen and oxygen atoms in total. The lowest BCUT2D eigenvalue weighted by Crippen LogP contribution is -2.43. The van der Waals surface area contributed by atoms with Gasteiger partial charge in [0, 0.05) is 32.7 Å². The first kappa shape index (κ1) is 24.8. The number of methoxy groups -OCH3 is 1. The summed E-state index contributed by atoms with van der Waals surface area (Å²) < 4.78 is 17.1. The molecule has 6 heteroatoms. The van der Waals surface area contributed by atoms with Gasteiger partial charge in [-0.1, -0.05) is 66.7 Å². The van der Waals surface area contributed by atoms with E-state index < -0.39 is 0 Å². The SMILES string of the molecule is COc1cc(CN(CCN2CCOCC2)C(=O)Cc2ccccc2)ccc1OCc1ccccc1. The van der Waals surface area contributed by atoms with E-state index in [1.807, 2.05) is 83.8 Å². The molecule has 0 unspecified atom stereocenters. The maximum absolute atomic E-state index is 13.3. The second-order valence-electron chi connectivity index (χ2n) is 8.69. The summed E-state index contributed by atoms with van der Waals surface area (Å²) >= 11 is 0. The molecule has 0 spiro atoms. The van der Waals surface area contributed by atoms with Crippen LogP contribution in [-0.4, -0.2) is 62.2 Å². The molecule has 35 heavy (non-hydrogen) atoms. The van der Waals surface area contributed by atoms with Gasteiger partial charge in [-0.15, -0.1) is 0 Å². The Labute approximate surface area is 208 Å². The minimum Gasteiger partial charge on any atom is -0.493 e. The number of hydrogen-bond donors (Lipinski definition) is 0. The first-order valence-corrected chi connectivity index (χ1v) is 12.2. The van der Waals surface area contributed by atoms with Gasteiger partial charge >= 0.3 is 0 Å². The second-order valence-corrected chi connectivity index (χ2v) is 8.69. The molecule has 3 aromatic rings. The zero-order chi connectivity index (χ0) is 24.3. The largest absolute Gasteiger partial charge is 0.493 e. The Bertz CT molecular complexity index is 1050.